The zero-order valence-corrected chi connectivity index (χ0v) is 18.4. The Balaban J connectivity index is 1.36. The molecule has 1 unspecified atom stereocenters. The summed E-state index contributed by atoms with van der Waals surface area (Å²) in [5, 5.41) is 3.45. The Bertz CT molecular complexity index is 763. The molecule has 2 aliphatic heterocycles. The third kappa shape index (κ3) is 5.84. The fourth-order valence-electron chi connectivity index (χ4n) is 4.26. The molecule has 3 heterocycles. The van der Waals surface area contributed by atoms with Crippen LogP contribution in [0, 0.1) is 0 Å². The topological polar surface area (TPSA) is 73.2 Å². The van der Waals surface area contributed by atoms with Crippen LogP contribution in [0.2, 0.25) is 0 Å². The number of unbranched alkanes of at least 4 members (excludes halogenated alkanes) is 1. The van der Waals surface area contributed by atoms with E-state index in [0.29, 0.717) is 0 Å². The van der Waals surface area contributed by atoms with E-state index in [0.717, 1.165) is 84.0 Å². The van der Waals surface area contributed by atoms with Crippen molar-refractivity contribution in [2.45, 2.75) is 45.2 Å². The first kappa shape index (κ1) is 22.3. The third-order valence-electron chi connectivity index (χ3n) is 6.16. The standard InChI is InChI=1S/C22H36N6O2/c1-19(21(30)27-13-7-8-14-27)25-15-17-28(18-16-25)22(23-2)24-10-4-6-12-26-11-5-3-9-20(26)29/h3,5,9,11,19H,4,6-8,10,12-18H2,1-2H3,(H,23,24). The Morgan fingerprint density at radius 2 is 1.80 bits per heavy atom. The predicted molar refractivity (Wildman–Crippen MR) is 120 cm³/mol. The van der Waals surface area contributed by atoms with Gasteiger partial charge in [-0.3, -0.25) is 19.5 Å². The molecule has 0 aromatic carbocycles. The van der Waals surface area contributed by atoms with E-state index >= 15 is 0 Å². The number of hydrogen-bond acceptors (Lipinski definition) is 4. The van der Waals surface area contributed by atoms with Crippen LogP contribution in [-0.4, -0.2) is 90.0 Å². The van der Waals surface area contributed by atoms with Gasteiger partial charge in [-0.25, -0.2) is 0 Å². The average Bonchev–Trinajstić information content (AvgIpc) is 3.31. The molecule has 1 aromatic heterocycles. The number of pyridine rings is 1. The van der Waals surface area contributed by atoms with Gasteiger partial charge < -0.3 is 19.7 Å². The highest BCUT2D eigenvalue weighted by molar-refractivity contribution is 5.82. The molecule has 166 valence electrons. The van der Waals surface area contributed by atoms with E-state index in [1.807, 2.05) is 31.1 Å². The second-order valence-corrected chi connectivity index (χ2v) is 8.14. The first-order valence-corrected chi connectivity index (χ1v) is 11.2. The van der Waals surface area contributed by atoms with Crippen LogP contribution in [-0.2, 0) is 11.3 Å². The van der Waals surface area contributed by atoms with Gasteiger partial charge in [0.05, 0.1) is 6.04 Å². The monoisotopic (exact) mass is 416 g/mol. The Labute approximate surface area is 179 Å². The molecule has 8 nitrogen and oxygen atoms in total. The van der Waals surface area contributed by atoms with E-state index in [9.17, 15) is 9.59 Å². The number of piperazine rings is 1. The summed E-state index contributed by atoms with van der Waals surface area (Å²) in [6, 6.07) is 5.22. The molecule has 2 fully saturated rings. The molecule has 1 atom stereocenters. The van der Waals surface area contributed by atoms with E-state index in [2.05, 4.69) is 20.1 Å². The molecule has 2 saturated heterocycles. The lowest BCUT2D eigenvalue weighted by atomic mass is 10.2. The number of aliphatic imine (C=N–C) groups is 1. The minimum atomic E-state index is -0.0402. The zero-order valence-electron chi connectivity index (χ0n) is 18.4. The molecule has 1 amide bonds. The lowest BCUT2D eigenvalue weighted by molar-refractivity contribution is -0.135. The normalized spacial score (nSPS) is 19.2. The Hall–Kier alpha value is -2.35. The summed E-state index contributed by atoms with van der Waals surface area (Å²) in [7, 11) is 1.82. The molecule has 1 N–H and O–H groups in total. The summed E-state index contributed by atoms with van der Waals surface area (Å²) >= 11 is 0. The van der Waals surface area contributed by atoms with Crippen molar-refractivity contribution in [2.75, 3.05) is 52.9 Å². The van der Waals surface area contributed by atoms with E-state index in [1.54, 1.807) is 16.7 Å². The van der Waals surface area contributed by atoms with E-state index in [4.69, 9.17) is 0 Å². The SMILES string of the molecule is CN=C(NCCCCn1ccccc1=O)N1CCN(C(C)C(=O)N2CCCC2)CC1. The molecular weight excluding hydrogens is 380 g/mol. The van der Waals surface area contributed by atoms with E-state index in [1.165, 1.54) is 0 Å². The summed E-state index contributed by atoms with van der Waals surface area (Å²) in [5.74, 6) is 1.20. The van der Waals surface area contributed by atoms with Crippen molar-refractivity contribution >= 4 is 11.9 Å². The summed E-state index contributed by atoms with van der Waals surface area (Å²) in [6.45, 7) is 8.93. The lowest BCUT2D eigenvalue weighted by Gasteiger charge is -2.39. The number of nitrogens with one attached hydrogen (secondary N) is 1. The maximum absolute atomic E-state index is 12.7. The highest BCUT2D eigenvalue weighted by atomic mass is 16.2. The third-order valence-corrected chi connectivity index (χ3v) is 6.16. The number of hydrogen-bond donors (Lipinski definition) is 1. The van der Waals surface area contributed by atoms with Crippen molar-refractivity contribution in [2.24, 2.45) is 4.99 Å². The average molecular weight is 417 g/mol. The van der Waals surface area contributed by atoms with Crippen molar-refractivity contribution in [3.8, 4) is 0 Å². The maximum atomic E-state index is 12.7. The lowest BCUT2D eigenvalue weighted by Crippen LogP contribution is -2.57. The van der Waals surface area contributed by atoms with Gasteiger partial charge in [-0.1, -0.05) is 6.07 Å². The van der Waals surface area contributed by atoms with Gasteiger partial charge in [-0.15, -0.1) is 0 Å². The quantitative estimate of drug-likeness (QED) is 0.405. The van der Waals surface area contributed by atoms with Crippen molar-refractivity contribution in [1.29, 1.82) is 0 Å². The summed E-state index contributed by atoms with van der Waals surface area (Å²) in [5.41, 5.74) is 0.0524. The largest absolute Gasteiger partial charge is 0.356 e. The molecular formula is C22H36N6O2. The number of rotatable bonds is 7. The van der Waals surface area contributed by atoms with Crippen molar-refractivity contribution in [1.82, 2.24) is 24.6 Å². The van der Waals surface area contributed by atoms with Crippen molar-refractivity contribution in [3.05, 3.63) is 34.7 Å². The summed E-state index contributed by atoms with van der Waals surface area (Å²) < 4.78 is 1.75. The van der Waals surface area contributed by atoms with Crippen LogP contribution in [0.15, 0.2) is 34.2 Å². The molecule has 2 aliphatic rings. The van der Waals surface area contributed by atoms with E-state index < -0.39 is 0 Å². The fraction of sp³-hybridized carbons (Fsp3) is 0.682. The Morgan fingerprint density at radius 1 is 1.07 bits per heavy atom. The molecule has 0 bridgehead atoms. The van der Waals surface area contributed by atoms with Gasteiger partial charge in [0.15, 0.2) is 5.96 Å². The molecule has 8 heteroatoms. The predicted octanol–water partition coefficient (Wildman–Crippen LogP) is 0.832. The molecule has 0 aliphatic carbocycles. The fourth-order valence-corrected chi connectivity index (χ4v) is 4.26. The molecule has 0 saturated carbocycles. The van der Waals surface area contributed by atoms with Gasteiger partial charge in [0.1, 0.15) is 0 Å². The zero-order chi connectivity index (χ0) is 21.3. The van der Waals surface area contributed by atoms with Gasteiger partial charge in [-0.2, -0.15) is 0 Å². The summed E-state index contributed by atoms with van der Waals surface area (Å²) in [4.78, 5) is 35.4. The number of carbonyl (C=O) groups excluding carboxylic acids is 1. The molecule has 0 radical (unpaired) electrons. The van der Waals surface area contributed by atoms with Crippen LogP contribution in [0.4, 0.5) is 0 Å². The van der Waals surface area contributed by atoms with Crippen LogP contribution in [0.25, 0.3) is 0 Å². The van der Waals surface area contributed by atoms with Gasteiger partial charge in [0.25, 0.3) is 0 Å². The Morgan fingerprint density at radius 3 is 2.47 bits per heavy atom. The van der Waals surface area contributed by atoms with Crippen LogP contribution >= 0.6 is 0 Å². The number of aromatic nitrogens is 1. The summed E-state index contributed by atoms with van der Waals surface area (Å²) in [6.07, 6.45) is 6.02. The van der Waals surface area contributed by atoms with Crippen LogP contribution in [0.5, 0.6) is 0 Å². The number of carbonyl (C=O) groups is 1. The van der Waals surface area contributed by atoms with E-state index in [-0.39, 0.29) is 17.5 Å². The minimum Gasteiger partial charge on any atom is -0.356 e. The second-order valence-electron chi connectivity index (χ2n) is 8.14. The van der Waals surface area contributed by atoms with Crippen LogP contribution < -0.4 is 10.9 Å². The minimum absolute atomic E-state index is 0.0402. The van der Waals surface area contributed by atoms with Gasteiger partial charge >= 0.3 is 0 Å². The number of amides is 1. The molecule has 0 spiro atoms. The highest BCUT2D eigenvalue weighted by Crippen LogP contribution is 2.14. The van der Waals surface area contributed by atoms with Gasteiger partial charge in [0.2, 0.25) is 11.5 Å². The van der Waals surface area contributed by atoms with Crippen LogP contribution in [0.1, 0.15) is 32.6 Å². The first-order chi connectivity index (χ1) is 14.6. The van der Waals surface area contributed by atoms with Crippen molar-refractivity contribution < 1.29 is 4.79 Å². The smallest absolute Gasteiger partial charge is 0.250 e. The Kier molecular flexibility index (Phi) is 8.30. The van der Waals surface area contributed by atoms with Gasteiger partial charge in [0, 0.05) is 71.7 Å². The van der Waals surface area contributed by atoms with Crippen LogP contribution in [0.3, 0.4) is 0 Å². The first-order valence-electron chi connectivity index (χ1n) is 11.2. The number of likely N-dealkylation sites (tertiary alicyclic amines) is 1. The van der Waals surface area contributed by atoms with Crippen molar-refractivity contribution in [3.63, 3.8) is 0 Å². The number of guanidine groups is 1. The molecule has 30 heavy (non-hydrogen) atoms. The second kappa shape index (κ2) is 11.2. The molecule has 1 aromatic rings. The van der Waals surface area contributed by atoms with Gasteiger partial charge in [-0.05, 0) is 38.7 Å². The number of nitrogens with zero attached hydrogens (tertiary/aromatic N) is 5. The highest BCUT2D eigenvalue weighted by Gasteiger charge is 2.30. The molecule has 3 rings (SSSR count). The number of aryl methyl sites for hydroxylation is 1. The maximum Gasteiger partial charge on any atom is 0.250 e.